The summed E-state index contributed by atoms with van der Waals surface area (Å²) in [6, 6.07) is 4.87. The number of pyridine rings is 1. The molecule has 9 heavy (non-hydrogen) atoms. The van der Waals surface area contributed by atoms with E-state index in [-0.39, 0.29) is 0 Å². The molecular weight excluding hydrogens is 112 g/mol. The fraction of sp³-hybridized carbons (Fsp3) is 0. The highest BCUT2D eigenvalue weighted by Gasteiger charge is 1.98. The first-order chi connectivity index (χ1) is 4.47. The number of H-pyrrole nitrogens is 1. The Labute approximate surface area is 52.9 Å². The predicted molar refractivity (Wildman–Crippen MR) is 34.0 cm³/mol. The van der Waals surface area contributed by atoms with Crippen molar-refractivity contribution in [2.24, 2.45) is 0 Å². The first-order valence-electron chi connectivity index (χ1n) is 2.75. The van der Waals surface area contributed by atoms with Gasteiger partial charge in [0.1, 0.15) is 0 Å². The lowest BCUT2D eigenvalue weighted by atomic mass is 10.2. The van der Waals surface area contributed by atoms with E-state index in [9.17, 15) is 0 Å². The molecule has 2 nitrogen and oxygen atoms in total. The van der Waals surface area contributed by atoms with Crippen LogP contribution < -0.4 is 0 Å². The van der Waals surface area contributed by atoms with Crippen molar-refractivity contribution in [3.8, 4) is 11.3 Å². The zero-order valence-corrected chi connectivity index (χ0v) is 4.76. The number of hydrogen-bond acceptors (Lipinski definition) is 1. The van der Waals surface area contributed by atoms with Crippen LogP contribution in [0, 0.1) is 6.07 Å². The quantitative estimate of drug-likeness (QED) is 0.553. The summed E-state index contributed by atoms with van der Waals surface area (Å²) in [5.74, 6) is 0. The standard InChI is InChI=1S/C7H5N2/c1-2-6-4-8-5-7(6)9-3-1/h1,3-5,9H. The second-order valence-electron chi connectivity index (χ2n) is 1.86. The molecule has 0 saturated carbocycles. The van der Waals surface area contributed by atoms with Crippen molar-refractivity contribution < 1.29 is 0 Å². The van der Waals surface area contributed by atoms with Crippen LogP contribution in [0.2, 0.25) is 0 Å². The fourth-order valence-corrected chi connectivity index (χ4v) is 0.818. The summed E-state index contributed by atoms with van der Waals surface area (Å²) < 4.78 is 0. The smallest absolute Gasteiger partial charge is 0.0661 e. The molecule has 2 heteroatoms. The molecule has 2 heterocycles. The van der Waals surface area contributed by atoms with Crippen molar-refractivity contribution in [1.82, 2.24) is 9.97 Å². The van der Waals surface area contributed by atoms with Gasteiger partial charge in [0, 0.05) is 18.0 Å². The van der Waals surface area contributed by atoms with Gasteiger partial charge in [0.25, 0.3) is 0 Å². The molecule has 1 N–H and O–H groups in total. The molecule has 0 aromatic heterocycles. The maximum atomic E-state index is 3.94. The van der Waals surface area contributed by atoms with Crippen LogP contribution in [-0.2, 0) is 0 Å². The van der Waals surface area contributed by atoms with Crippen molar-refractivity contribution in [2.45, 2.75) is 0 Å². The van der Waals surface area contributed by atoms with Crippen molar-refractivity contribution in [2.75, 3.05) is 0 Å². The molecular formula is C7H5N2. The summed E-state index contributed by atoms with van der Waals surface area (Å²) in [6.07, 6.45) is 5.40. The van der Waals surface area contributed by atoms with Crippen LogP contribution in [0.4, 0.5) is 0 Å². The van der Waals surface area contributed by atoms with Crippen LogP contribution in [0.5, 0.6) is 0 Å². The monoisotopic (exact) mass is 117 g/mol. The summed E-state index contributed by atoms with van der Waals surface area (Å²) in [7, 11) is 0. The molecule has 0 fully saturated rings. The van der Waals surface area contributed by atoms with Crippen molar-refractivity contribution in [3.05, 3.63) is 30.7 Å². The number of nitrogens with zero attached hydrogens (tertiary/aromatic N) is 1. The molecule has 0 spiro atoms. The zero-order chi connectivity index (χ0) is 6.10. The van der Waals surface area contributed by atoms with Crippen LogP contribution in [0.25, 0.3) is 11.3 Å². The van der Waals surface area contributed by atoms with E-state index in [0.29, 0.717) is 0 Å². The van der Waals surface area contributed by atoms with Gasteiger partial charge in [-0.1, -0.05) is 0 Å². The average Bonchev–Trinajstić information content (AvgIpc) is 2.33. The molecule has 2 aliphatic rings. The molecule has 1 radical (unpaired) electrons. The Morgan fingerprint density at radius 3 is 3.33 bits per heavy atom. The second kappa shape index (κ2) is 1.58. The summed E-state index contributed by atoms with van der Waals surface area (Å²) >= 11 is 0. The summed E-state index contributed by atoms with van der Waals surface area (Å²) in [4.78, 5) is 6.98. The highest BCUT2D eigenvalue weighted by atomic mass is 14.7. The fourth-order valence-electron chi connectivity index (χ4n) is 0.818. The summed E-state index contributed by atoms with van der Waals surface area (Å²) in [5, 5.41) is 0. The summed E-state index contributed by atoms with van der Waals surface area (Å²) in [6.45, 7) is 0. The molecule has 0 saturated heterocycles. The topological polar surface area (TPSA) is 28.7 Å². The third-order valence-corrected chi connectivity index (χ3v) is 1.26. The van der Waals surface area contributed by atoms with Gasteiger partial charge in [-0.2, -0.15) is 0 Å². The summed E-state index contributed by atoms with van der Waals surface area (Å²) in [5.41, 5.74) is 2.08. The number of fused-ring (bicyclic) bond motifs is 1. The normalized spacial score (nSPS) is 10.2. The lowest BCUT2D eigenvalue weighted by Gasteiger charge is -1.91. The SMILES string of the molecule is [c]1cc[nH]c2cncc1-2. The molecule has 0 bridgehead atoms. The second-order valence-corrected chi connectivity index (χ2v) is 1.86. The minimum absolute atomic E-state index is 1.04. The van der Waals surface area contributed by atoms with Crippen LogP contribution in [0.3, 0.4) is 0 Å². The van der Waals surface area contributed by atoms with Crippen LogP contribution in [-0.4, -0.2) is 9.97 Å². The van der Waals surface area contributed by atoms with Crippen molar-refractivity contribution in [1.29, 1.82) is 0 Å². The molecule has 0 aliphatic carbocycles. The van der Waals surface area contributed by atoms with Crippen LogP contribution >= 0.6 is 0 Å². The van der Waals surface area contributed by atoms with E-state index in [1.165, 1.54) is 0 Å². The van der Waals surface area contributed by atoms with Gasteiger partial charge in [-0.3, -0.25) is 4.98 Å². The molecule has 0 unspecified atom stereocenters. The number of aromatic nitrogens is 2. The van der Waals surface area contributed by atoms with E-state index in [0.717, 1.165) is 11.3 Å². The van der Waals surface area contributed by atoms with Gasteiger partial charge in [-0.15, -0.1) is 0 Å². The van der Waals surface area contributed by atoms with E-state index >= 15 is 0 Å². The van der Waals surface area contributed by atoms with Gasteiger partial charge >= 0.3 is 0 Å². The Hall–Kier alpha value is -1.31. The number of nitrogens with one attached hydrogen (secondary N) is 1. The molecule has 2 rings (SSSR count). The highest BCUT2D eigenvalue weighted by molar-refractivity contribution is 5.57. The largest absolute Gasteiger partial charge is 0.360 e. The van der Waals surface area contributed by atoms with Gasteiger partial charge in [0.2, 0.25) is 0 Å². The highest BCUT2D eigenvalue weighted by Crippen LogP contribution is 2.14. The molecule has 0 aromatic rings. The Kier molecular flexibility index (Phi) is 0.803. The number of hydrogen-bond donors (Lipinski definition) is 1. The van der Waals surface area contributed by atoms with E-state index < -0.39 is 0 Å². The Balaban J connectivity index is 2.79. The van der Waals surface area contributed by atoms with Crippen molar-refractivity contribution in [3.63, 3.8) is 0 Å². The maximum Gasteiger partial charge on any atom is 0.0661 e. The van der Waals surface area contributed by atoms with Gasteiger partial charge in [-0.25, -0.2) is 0 Å². The molecule has 0 atom stereocenters. The van der Waals surface area contributed by atoms with E-state index in [1.54, 1.807) is 12.4 Å². The maximum absolute atomic E-state index is 3.94. The van der Waals surface area contributed by atoms with E-state index in [1.807, 2.05) is 12.3 Å². The minimum atomic E-state index is 1.04. The lowest BCUT2D eigenvalue weighted by molar-refractivity contribution is 1.33. The average molecular weight is 117 g/mol. The van der Waals surface area contributed by atoms with E-state index in [4.69, 9.17) is 0 Å². The lowest BCUT2D eigenvalue weighted by Crippen LogP contribution is -1.75. The molecule has 0 aromatic carbocycles. The van der Waals surface area contributed by atoms with Crippen LogP contribution in [0.1, 0.15) is 0 Å². The molecule has 2 aliphatic heterocycles. The van der Waals surface area contributed by atoms with Gasteiger partial charge in [-0.05, 0) is 12.1 Å². The Morgan fingerprint density at radius 2 is 2.44 bits per heavy atom. The number of aromatic amines is 1. The third-order valence-electron chi connectivity index (χ3n) is 1.26. The van der Waals surface area contributed by atoms with Gasteiger partial charge in [0.15, 0.2) is 0 Å². The van der Waals surface area contributed by atoms with Crippen molar-refractivity contribution >= 4 is 0 Å². The molecule has 43 valence electrons. The van der Waals surface area contributed by atoms with E-state index in [2.05, 4.69) is 16.0 Å². The zero-order valence-electron chi connectivity index (χ0n) is 4.76. The Morgan fingerprint density at radius 1 is 1.44 bits per heavy atom. The molecule has 0 amide bonds. The Bertz CT molecular complexity index is 247. The first-order valence-corrected chi connectivity index (χ1v) is 2.75. The minimum Gasteiger partial charge on any atom is -0.360 e. The van der Waals surface area contributed by atoms with Gasteiger partial charge in [0.05, 0.1) is 11.9 Å². The van der Waals surface area contributed by atoms with Gasteiger partial charge < -0.3 is 4.98 Å². The van der Waals surface area contributed by atoms with Crippen LogP contribution in [0.15, 0.2) is 24.7 Å². The predicted octanol–water partition coefficient (Wildman–Crippen LogP) is 1.31. The third kappa shape index (κ3) is 0.598. The number of rotatable bonds is 0. The first kappa shape index (κ1) is 4.56.